The maximum Gasteiger partial charge on any atom is 0.193 e. The van der Waals surface area contributed by atoms with Crippen molar-refractivity contribution < 1.29 is 14.0 Å². The van der Waals surface area contributed by atoms with Crippen molar-refractivity contribution >= 4 is 12.1 Å². The molecule has 0 aromatic heterocycles. The van der Waals surface area contributed by atoms with E-state index < -0.39 is 0 Å². The van der Waals surface area contributed by atoms with E-state index in [1.165, 1.54) is 24.3 Å². The number of rotatable bonds is 4. The highest BCUT2D eigenvalue weighted by atomic mass is 19.1. The van der Waals surface area contributed by atoms with Crippen LogP contribution >= 0.6 is 0 Å². The van der Waals surface area contributed by atoms with E-state index in [2.05, 4.69) is 0 Å². The summed E-state index contributed by atoms with van der Waals surface area (Å²) in [4.78, 5) is 23.0. The first-order valence-electron chi connectivity index (χ1n) is 7.13. The van der Waals surface area contributed by atoms with Crippen molar-refractivity contribution in [2.24, 2.45) is 0 Å². The fourth-order valence-corrected chi connectivity index (χ4v) is 2.34. The topological polar surface area (TPSA) is 34.1 Å². The molecule has 3 rings (SSSR count). The first-order valence-corrected chi connectivity index (χ1v) is 7.13. The van der Waals surface area contributed by atoms with E-state index in [1.54, 1.807) is 24.3 Å². The van der Waals surface area contributed by atoms with Crippen LogP contribution in [0.3, 0.4) is 0 Å². The molecule has 3 aromatic carbocycles. The monoisotopic (exact) mass is 304 g/mol. The average Bonchev–Trinajstić information content (AvgIpc) is 2.62. The van der Waals surface area contributed by atoms with E-state index in [1.807, 2.05) is 24.3 Å². The van der Waals surface area contributed by atoms with Gasteiger partial charge in [0.15, 0.2) is 5.78 Å². The zero-order valence-electron chi connectivity index (χ0n) is 12.2. The summed E-state index contributed by atoms with van der Waals surface area (Å²) < 4.78 is 12.9. The lowest BCUT2D eigenvalue weighted by Crippen LogP contribution is -2.01. The number of hydrogen-bond donors (Lipinski definition) is 0. The van der Waals surface area contributed by atoms with Crippen LogP contribution in [0.1, 0.15) is 26.3 Å². The average molecular weight is 304 g/mol. The van der Waals surface area contributed by atoms with E-state index in [0.29, 0.717) is 16.7 Å². The largest absolute Gasteiger partial charge is 0.298 e. The van der Waals surface area contributed by atoms with E-state index >= 15 is 0 Å². The Morgan fingerprint density at radius 2 is 1.13 bits per heavy atom. The summed E-state index contributed by atoms with van der Waals surface area (Å²) in [6.07, 6.45) is 0.800. The van der Waals surface area contributed by atoms with Crippen molar-refractivity contribution in [1.82, 2.24) is 0 Å². The van der Waals surface area contributed by atoms with Gasteiger partial charge < -0.3 is 0 Å². The summed E-state index contributed by atoms with van der Waals surface area (Å²) in [5.74, 6) is -0.511. The summed E-state index contributed by atoms with van der Waals surface area (Å²) in [5.41, 5.74) is 3.55. The summed E-state index contributed by atoms with van der Waals surface area (Å²) >= 11 is 0. The molecular weight excluding hydrogens is 291 g/mol. The van der Waals surface area contributed by atoms with Gasteiger partial charge in [0.1, 0.15) is 12.1 Å². The zero-order valence-corrected chi connectivity index (χ0v) is 12.2. The lowest BCUT2D eigenvalue weighted by Gasteiger charge is -2.05. The van der Waals surface area contributed by atoms with Crippen molar-refractivity contribution in [2.75, 3.05) is 0 Å². The standard InChI is InChI=1S/C20H13FO2/c21-19-11-9-18(10-12-19)20(23)17-7-5-16(6-8-17)15-3-1-14(13-22)2-4-15/h1-13H. The predicted molar refractivity (Wildman–Crippen MR) is 87.1 cm³/mol. The molecule has 0 heterocycles. The van der Waals surface area contributed by atoms with Gasteiger partial charge in [0.05, 0.1) is 0 Å². The van der Waals surface area contributed by atoms with Crippen molar-refractivity contribution in [3.05, 3.63) is 95.3 Å². The van der Waals surface area contributed by atoms with Crippen molar-refractivity contribution in [3.63, 3.8) is 0 Å². The van der Waals surface area contributed by atoms with Crippen molar-refractivity contribution in [1.29, 1.82) is 0 Å². The third-order valence-electron chi connectivity index (χ3n) is 3.63. The van der Waals surface area contributed by atoms with Crippen LogP contribution in [0.25, 0.3) is 11.1 Å². The van der Waals surface area contributed by atoms with Gasteiger partial charge in [-0.15, -0.1) is 0 Å². The molecule has 0 spiro atoms. The summed E-state index contributed by atoms with van der Waals surface area (Å²) in [6.45, 7) is 0. The van der Waals surface area contributed by atoms with Crippen LogP contribution in [-0.4, -0.2) is 12.1 Å². The third kappa shape index (κ3) is 3.24. The van der Waals surface area contributed by atoms with Crippen LogP contribution in [0.4, 0.5) is 4.39 Å². The van der Waals surface area contributed by atoms with Crippen molar-refractivity contribution in [2.45, 2.75) is 0 Å². The van der Waals surface area contributed by atoms with Gasteiger partial charge in [0, 0.05) is 16.7 Å². The Morgan fingerprint density at radius 1 is 0.696 bits per heavy atom. The van der Waals surface area contributed by atoms with Crippen LogP contribution < -0.4 is 0 Å². The van der Waals surface area contributed by atoms with Gasteiger partial charge in [0.2, 0.25) is 0 Å². The second-order valence-corrected chi connectivity index (χ2v) is 5.15. The minimum absolute atomic E-state index is 0.146. The Morgan fingerprint density at radius 3 is 1.61 bits per heavy atom. The maximum absolute atomic E-state index is 12.9. The second kappa shape index (κ2) is 6.36. The smallest absolute Gasteiger partial charge is 0.193 e. The second-order valence-electron chi connectivity index (χ2n) is 5.15. The first kappa shape index (κ1) is 14.9. The predicted octanol–water partition coefficient (Wildman–Crippen LogP) is 4.54. The minimum Gasteiger partial charge on any atom is -0.298 e. The van der Waals surface area contributed by atoms with Gasteiger partial charge in [-0.1, -0.05) is 48.5 Å². The molecule has 0 bridgehead atoms. The van der Waals surface area contributed by atoms with Crippen LogP contribution in [0.15, 0.2) is 72.8 Å². The highest BCUT2D eigenvalue weighted by molar-refractivity contribution is 6.09. The van der Waals surface area contributed by atoms with Gasteiger partial charge in [0.25, 0.3) is 0 Å². The summed E-state index contributed by atoms with van der Waals surface area (Å²) in [7, 11) is 0. The molecule has 0 fully saturated rings. The highest BCUT2D eigenvalue weighted by Crippen LogP contribution is 2.21. The van der Waals surface area contributed by atoms with E-state index in [0.717, 1.165) is 17.4 Å². The molecule has 0 aliphatic carbocycles. The molecule has 0 N–H and O–H groups in total. The van der Waals surface area contributed by atoms with E-state index in [-0.39, 0.29) is 11.6 Å². The van der Waals surface area contributed by atoms with Crippen LogP contribution in [0.5, 0.6) is 0 Å². The number of aldehydes is 1. The molecule has 0 aliphatic heterocycles. The lowest BCUT2D eigenvalue weighted by atomic mass is 9.99. The molecule has 0 amide bonds. The van der Waals surface area contributed by atoms with Gasteiger partial charge in [-0.05, 0) is 35.4 Å². The number of ketones is 1. The first-order chi connectivity index (χ1) is 11.2. The summed E-state index contributed by atoms with van der Waals surface area (Å²) in [6, 6.07) is 19.9. The van der Waals surface area contributed by atoms with Gasteiger partial charge in [-0.2, -0.15) is 0 Å². The molecule has 0 saturated heterocycles. The molecule has 3 heteroatoms. The number of carbonyl (C=O) groups is 2. The van der Waals surface area contributed by atoms with Crippen LogP contribution in [0.2, 0.25) is 0 Å². The van der Waals surface area contributed by atoms with Gasteiger partial charge in [-0.25, -0.2) is 4.39 Å². The van der Waals surface area contributed by atoms with Crippen LogP contribution in [-0.2, 0) is 0 Å². The van der Waals surface area contributed by atoms with Gasteiger partial charge >= 0.3 is 0 Å². The molecule has 3 aromatic rings. The molecule has 0 saturated carbocycles. The Bertz CT molecular complexity index is 832. The molecule has 0 unspecified atom stereocenters. The van der Waals surface area contributed by atoms with Crippen molar-refractivity contribution in [3.8, 4) is 11.1 Å². The molecule has 2 nitrogen and oxygen atoms in total. The molecule has 0 aliphatic rings. The molecule has 112 valence electrons. The number of halogens is 1. The molecule has 23 heavy (non-hydrogen) atoms. The zero-order chi connectivity index (χ0) is 16.2. The summed E-state index contributed by atoms with van der Waals surface area (Å²) in [5, 5.41) is 0. The molecular formula is C20H13FO2. The Balaban J connectivity index is 1.84. The normalized spacial score (nSPS) is 10.3. The number of benzene rings is 3. The maximum atomic E-state index is 12.9. The minimum atomic E-state index is -0.365. The Hall–Kier alpha value is -3.07. The lowest BCUT2D eigenvalue weighted by molar-refractivity contribution is 0.103. The van der Waals surface area contributed by atoms with E-state index in [4.69, 9.17) is 0 Å². The van der Waals surface area contributed by atoms with Gasteiger partial charge in [-0.3, -0.25) is 9.59 Å². The Kier molecular flexibility index (Phi) is 4.11. The quantitative estimate of drug-likeness (QED) is 0.524. The molecule has 0 atom stereocenters. The highest BCUT2D eigenvalue weighted by Gasteiger charge is 2.09. The number of carbonyl (C=O) groups excluding carboxylic acids is 2. The third-order valence-corrected chi connectivity index (χ3v) is 3.63. The molecule has 0 radical (unpaired) electrons. The number of hydrogen-bond acceptors (Lipinski definition) is 2. The SMILES string of the molecule is O=Cc1ccc(-c2ccc(C(=O)c3ccc(F)cc3)cc2)cc1. The fourth-order valence-electron chi connectivity index (χ4n) is 2.34. The van der Waals surface area contributed by atoms with E-state index in [9.17, 15) is 14.0 Å². The van der Waals surface area contributed by atoms with Crippen LogP contribution in [0, 0.1) is 5.82 Å². The Labute approximate surface area is 133 Å². The fraction of sp³-hybridized carbons (Fsp3) is 0.